The van der Waals surface area contributed by atoms with Crippen LogP contribution in [-0.4, -0.2) is 37.0 Å². The number of hydrogen-bond donors (Lipinski definition) is 2. The maximum Gasteiger partial charge on any atom is 0.337 e. The first-order valence-electron chi connectivity index (χ1n) is 11.6. The number of carboxylic acid groups (broad SMARTS) is 2. The summed E-state index contributed by atoms with van der Waals surface area (Å²) in [6.07, 6.45) is 0.221. The van der Waals surface area contributed by atoms with Gasteiger partial charge in [0.25, 0.3) is 5.69 Å². The largest absolute Gasteiger partial charge is 0.478 e. The summed E-state index contributed by atoms with van der Waals surface area (Å²) in [7, 11) is 0. The molecule has 0 radical (unpaired) electrons. The molecular weight excluding hydrogens is 510 g/mol. The molecule has 5 aromatic rings. The summed E-state index contributed by atoms with van der Waals surface area (Å²) in [5, 5.41) is 29.4. The molecule has 0 spiro atoms. The Labute approximate surface area is 231 Å². The van der Waals surface area contributed by atoms with Crippen LogP contribution in [0.25, 0.3) is 22.1 Å². The first-order chi connectivity index (χ1) is 18.1. The van der Waals surface area contributed by atoms with E-state index in [1.165, 1.54) is 18.2 Å². The van der Waals surface area contributed by atoms with Crippen molar-refractivity contribution in [3.8, 4) is 0 Å². The zero-order valence-corrected chi connectivity index (χ0v) is 20.6. The minimum absolute atomic E-state index is 0. The molecule has 0 saturated heterocycles. The number of nitro groups is 1. The summed E-state index contributed by atoms with van der Waals surface area (Å²) in [6.45, 7) is 3.93. The van der Waals surface area contributed by atoms with Gasteiger partial charge in [-0.15, -0.1) is 0 Å². The van der Waals surface area contributed by atoms with Gasteiger partial charge in [-0.25, -0.2) is 19.6 Å². The van der Waals surface area contributed by atoms with Crippen molar-refractivity contribution >= 4 is 39.7 Å². The van der Waals surface area contributed by atoms with Crippen molar-refractivity contribution in [2.75, 3.05) is 0 Å². The number of carbonyl (C=O) groups is 2. The number of para-hydroxylation sites is 1. The lowest BCUT2D eigenvalue weighted by atomic mass is 9.97. The van der Waals surface area contributed by atoms with E-state index in [2.05, 4.69) is 9.97 Å². The third-order valence-electron chi connectivity index (χ3n) is 5.93. The predicted molar refractivity (Wildman–Crippen MR) is 156 cm³/mol. The Morgan fingerprint density at radius 2 is 1.35 bits per heavy atom. The van der Waals surface area contributed by atoms with E-state index >= 15 is 0 Å². The molecule has 5 rings (SSSR count). The normalized spacial score (nSPS) is 10.1. The first-order valence-corrected chi connectivity index (χ1v) is 11.6. The minimum atomic E-state index is -1.16. The Morgan fingerprint density at radius 3 is 1.98 bits per heavy atom. The van der Waals surface area contributed by atoms with Gasteiger partial charge in [0, 0.05) is 18.1 Å². The van der Waals surface area contributed by atoms with Gasteiger partial charge in [-0.1, -0.05) is 62.9 Å². The van der Waals surface area contributed by atoms with E-state index in [1.54, 1.807) is 18.2 Å². The lowest BCUT2D eigenvalue weighted by Crippen LogP contribution is -2.06. The van der Waals surface area contributed by atoms with E-state index in [4.69, 9.17) is 5.11 Å². The zero-order valence-electron chi connectivity index (χ0n) is 20.6. The molecule has 0 atom stereocenters. The molecule has 9 heteroatoms. The van der Waals surface area contributed by atoms with Crippen molar-refractivity contribution < 1.29 is 24.7 Å². The molecule has 0 fully saturated rings. The number of nitro benzene ring substituents is 1. The van der Waals surface area contributed by atoms with Gasteiger partial charge >= 0.3 is 11.9 Å². The molecule has 1 aromatic heterocycles. The Balaban J connectivity index is 0.000000268. The van der Waals surface area contributed by atoms with Crippen molar-refractivity contribution in [2.45, 2.75) is 35.1 Å². The molecule has 0 bridgehead atoms. The average Bonchev–Trinajstić information content (AvgIpc) is 2.88. The van der Waals surface area contributed by atoms with Crippen LogP contribution >= 0.6 is 0 Å². The predicted octanol–water partition coefficient (Wildman–Crippen LogP) is 7.25. The van der Waals surface area contributed by atoms with E-state index in [0.717, 1.165) is 22.2 Å². The van der Waals surface area contributed by atoms with Crippen LogP contribution in [0.3, 0.4) is 0 Å². The molecule has 206 valence electrons. The number of hydrogen-bond acceptors (Lipinski definition) is 6. The molecular formula is C31H31N3O6. The molecule has 1 heterocycles. The highest BCUT2D eigenvalue weighted by molar-refractivity contribution is 6.02. The lowest BCUT2D eigenvalue weighted by Gasteiger charge is -2.07. The minimum Gasteiger partial charge on any atom is -0.478 e. The molecule has 0 saturated carbocycles. The average molecular weight is 542 g/mol. The summed E-state index contributed by atoms with van der Waals surface area (Å²) in [6, 6.07) is 22.3. The van der Waals surface area contributed by atoms with Crippen LogP contribution < -0.4 is 0 Å². The first kappa shape index (κ1) is 31.0. The van der Waals surface area contributed by atoms with Gasteiger partial charge in [0.2, 0.25) is 0 Å². The second-order valence-electron chi connectivity index (χ2n) is 8.72. The fourth-order valence-electron chi connectivity index (χ4n) is 4.02. The van der Waals surface area contributed by atoms with E-state index in [9.17, 15) is 24.8 Å². The van der Waals surface area contributed by atoms with Gasteiger partial charge in [0.1, 0.15) is 5.52 Å². The summed E-state index contributed by atoms with van der Waals surface area (Å²) in [5.74, 6) is -2.14. The Hall–Kier alpha value is -5.18. The highest BCUT2D eigenvalue weighted by atomic mass is 16.6. The monoisotopic (exact) mass is 541 g/mol. The summed E-state index contributed by atoms with van der Waals surface area (Å²) in [5.41, 5.74) is 5.77. The van der Waals surface area contributed by atoms with E-state index in [1.807, 2.05) is 56.3 Å². The van der Waals surface area contributed by atoms with Crippen molar-refractivity contribution in [3.05, 3.63) is 122 Å². The van der Waals surface area contributed by atoms with E-state index < -0.39 is 16.9 Å². The Bertz CT molecular complexity index is 1670. The summed E-state index contributed by atoms with van der Waals surface area (Å²) in [4.78, 5) is 41.7. The second kappa shape index (κ2) is 13.1. The number of aromatic carboxylic acids is 2. The van der Waals surface area contributed by atoms with Crippen molar-refractivity contribution in [1.29, 1.82) is 0 Å². The second-order valence-corrected chi connectivity index (χ2v) is 8.72. The van der Waals surface area contributed by atoms with Crippen LogP contribution in [0.15, 0.2) is 78.9 Å². The zero-order chi connectivity index (χ0) is 27.4. The number of nitrogens with zero attached hydrogens (tertiary/aromatic N) is 3. The van der Waals surface area contributed by atoms with Crippen LogP contribution in [0, 0.1) is 24.0 Å². The molecule has 0 aliphatic rings. The molecule has 40 heavy (non-hydrogen) atoms. The number of fused-ring (bicyclic) bond motifs is 2. The van der Waals surface area contributed by atoms with Gasteiger partial charge < -0.3 is 10.2 Å². The number of aromatic nitrogens is 2. The van der Waals surface area contributed by atoms with E-state index in [0.29, 0.717) is 16.6 Å². The van der Waals surface area contributed by atoms with Gasteiger partial charge in [0.05, 0.1) is 32.6 Å². The van der Waals surface area contributed by atoms with Crippen molar-refractivity contribution in [1.82, 2.24) is 9.97 Å². The van der Waals surface area contributed by atoms with Crippen LogP contribution in [0.1, 0.15) is 57.8 Å². The number of benzene rings is 4. The van der Waals surface area contributed by atoms with Gasteiger partial charge in [-0.05, 0) is 55.3 Å². The quantitative estimate of drug-likeness (QED) is 0.134. The number of aryl methyl sites for hydroxylation is 2. The fraction of sp³-hybridized carbons (Fsp3) is 0.161. The topological polar surface area (TPSA) is 144 Å². The van der Waals surface area contributed by atoms with Crippen molar-refractivity contribution in [3.63, 3.8) is 0 Å². The third kappa shape index (κ3) is 6.82. The smallest absolute Gasteiger partial charge is 0.337 e. The molecule has 0 aliphatic heterocycles. The number of carboxylic acids is 2. The Kier molecular flexibility index (Phi) is 10.1. The molecule has 0 unspecified atom stereocenters. The summed E-state index contributed by atoms with van der Waals surface area (Å²) >= 11 is 0. The van der Waals surface area contributed by atoms with Crippen molar-refractivity contribution in [2.24, 2.45) is 0 Å². The maximum absolute atomic E-state index is 11.2. The maximum atomic E-state index is 11.2. The standard InChI is InChI=1S/C15H13NO4.C14H10N2O2.2CH4/c1-10-5-7-11(8-6-10)9-13-12(15(17)18)3-2-4-14(13)16(19)20;1-8-5-6-10-12(7-8)15-11-4-2-3-9(14(17)18)13(11)16-10;;/h2-8H,9H2,1H3,(H,17,18);2-7H,1H3,(H,17,18);2*1H4. The molecule has 9 nitrogen and oxygen atoms in total. The molecule has 2 N–H and O–H groups in total. The molecule has 0 aliphatic carbocycles. The Morgan fingerprint density at radius 1 is 0.750 bits per heavy atom. The number of rotatable bonds is 5. The highest BCUT2D eigenvalue weighted by Crippen LogP contribution is 2.26. The fourth-order valence-corrected chi connectivity index (χ4v) is 4.02. The molecule has 0 amide bonds. The lowest BCUT2D eigenvalue weighted by molar-refractivity contribution is -0.385. The van der Waals surface area contributed by atoms with Crippen LogP contribution in [0.4, 0.5) is 5.69 Å². The molecule has 4 aromatic carbocycles. The summed E-state index contributed by atoms with van der Waals surface area (Å²) < 4.78 is 0. The van der Waals surface area contributed by atoms with Gasteiger partial charge in [0.15, 0.2) is 0 Å². The van der Waals surface area contributed by atoms with E-state index in [-0.39, 0.29) is 43.7 Å². The SMILES string of the molecule is C.C.Cc1ccc(Cc2c(C(=O)O)cccc2[N+](=O)[O-])cc1.Cc1ccc2nc3c(C(=O)O)cccc3nc2c1. The van der Waals surface area contributed by atoms with Crippen LogP contribution in [-0.2, 0) is 6.42 Å². The third-order valence-corrected chi connectivity index (χ3v) is 5.93. The highest BCUT2D eigenvalue weighted by Gasteiger charge is 2.21. The van der Waals surface area contributed by atoms with Gasteiger partial charge in [-0.2, -0.15) is 0 Å². The van der Waals surface area contributed by atoms with Gasteiger partial charge in [-0.3, -0.25) is 10.1 Å². The van der Waals surface area contributed by atoms with Crippen LogP contribution in [0.2, 0.25) is 0 Å². The van der Waals surface area contributed by atoms with Crippen LogP contribution in [0.5, 0.6) is 0 Å².